The molecule has 0 aromatic heterocycles. The maximum Gasteiger partial charge on any atom is 0.340 e. The van der Waals surface area contributed by atoms with Gasteiger partial charge in [-0.2, -0.15) is 0 Å². The third-order valence-electron chi connectivity index (χ3n) is 5.67. The average molecular weight is 427 g/mol. The molecule has 0 bridgehead atoms. The summed E-state index contributed by atoms with van der Waals surface area (Å²) >= 11 is 0. The molecule has 2 aromatic rings. The number of esters is 1. The number of rotatable bonds is 6. The molecule has 0 radical (unpaired) electrons. The van der Waals surface area contributed by atoms with Crippen molar-refractivity contribution in [2.45, 2.75) is 25.4 Å². The first-order valence-corrected chi connectivity index (χ1v) is 10.4. The van der Waals surface area contributed by atoms with Gasteiger partial charge in [-0.1, -0.05) is 18.2 Å². The molecule has 164 valence electrons. The Balaban J connectivity index is 1.54. The number of carbonyl (C=O) groups is 1. The number of fused-ring (bicyclic) bond motifs is 1. The van der Waals surface area contributed by atoms with Crippen LogP contribution in [0.4, 0.5) is 11.4 Å². The first-order valence-electron chi connectivity index (χ1n) is 10.4. The van der Waals surface area contributed by atoms with Crippen molar-refractivity contribution in [3.8, 4) is 5.75 Å². The zero-order chi connectivity index (χ0) is 21.8. The van der Waals surface area contributed by atoms with E-state index in [-0.39, 0.29) is 12.6 Å². The average Bonchev–Trinajstić information content (AvgIpc) is 2.82. The second-order valence-electron chi connectivity index (χ2n) is 7.98. The fourth-order valence-electron chi connectivity index (χ4n) is 3.89. The smallest absolute Gasteiger partial charge is 0.340 e. The fraction of sp³-hybridized carbons (Fsp3) is 0.435. The minimum Gasteiger partial charge on any atom is -0.484 e. The van der Waals surface area contributed by atoms with Crippen LogP contribution in [0.1, 0.15) is 29.3 Å². The van der Waals surface area contributed by atoms with E-state index in [1.165, 1.54) is 7.11 Å². The Labute approximate surface area is 181 Å². The van der Waals surface area contributed by atoms with Crippen LogP contribution in [0.3, 0.4) is 0 Å². The number of nitrogens with zero attached hydrogens (tertiary/aromatic N) is 2. The predicted octanol–water partition coefficient (Wildman–Crippen LogP) is 3.44. The lowest BCUT2D eigenvalue weighted by atomic mass is 9.92. The van der Waals surface area contributed by atoms with Gasteiger partial charge in [-0.15, -0.1) is 0 Å². The minimum absolute atomic E-state index is 0.139. The third kappa shape index (κ3) is 4.64. The van der Waals surface area contributed by atoms with Gasteiger partial charge in [0.2, 0.25) is 0 Å². The van der Waals surface area contributed by atoms with E-state index in [0.29, 0.717) is 61.1 Å². The normalized spacial score (nSPS) is 20.4. The minimum atomic E-state index is -0.653. The molecule has 2 heterocycles. The van der Waals surface area contributed by atoms with Crippen molar-refractivity contribution >= 4 is 17.3 Å². The Bertz CT molecular complexity index is 958. The second-order valence-corrected chi connectivity index (χ2v) is 7.98. The van der Waals surface area contributed by atoms with Gasteiger partial charge in [0.05, 0.1) is 23.7 Å². The van der Waals surface area contributed by atoms with E-state index in [1.807, 2.05) is 25.1 Å². The van der Waals surface area contributed by atoms with E-state index in [4.69, 9.17) is 19.0 Å². The molecule has 1 fully saturated rings. The maximum absolute atomic E-state index is 12.3. The molecule has 0 aliphatic carbocycles. The molecule has 8 nitrogen and oxygen atoms in total. The SMILES string of the molecule is CO[N+](=O)c1cc2c(cc1N1CCOCC1)OC(C)(COC(=O)c1ccccc1)CC2. The van der Waals surface area contributed by atoms with Crippen molar-refractivity contribution < 1.29 is 28.8 Å². The first-order chi connectivity index (χ1) is 15.0. The molecule has 0 amide bonds. The van der Waals surface area contributed by atoms with Crippen LogP contribution in [0, 0.1) is 4.91 Å². The third-order valence-corrected chi connectivity index (χ3v) is 5.67. The molecule has 0 saturated carbocycles. The summed E-state index contributed by atoms with van der Waals surface area (Å²) in [7, 11) is 1.35. The highest BCUT2D eigenvalue weighted by atomic mass is 16.8. The molecule has 1 atom stereocenters. The number of morpholine rings is 1. The Morgan fingerprint density at radius 3 is 2.65 bits per heavy atom. The molecule has 0 N–H and O–H groups in total. The van der Waals surface area contributed by atoms with E-state index in [1.54, 1.807) is 24.3 Å². The highest BCUT2D eigenvalue weighted by molar-refractivity contribution is 5.89. The van der Waals surface area contributed by atoms with Crippen LogP contribution in [-0.4, -0.2) is 56.5 Å². The van der Waals surface area contributed by atoms with Crippen molar-refractivity contribution in [3.05, 3.63) is 58.5 Å². The van der Waals surface area contributed by atoms with Crippen LogP contribution < -0.4 is 9.64 Å². The van der Waals surface area contributed by atoms with E-state index in [0.717, 1.165) is 11.3 Å². The molecule has 4 rings (SSSR count). The molecule has 2 aliphatic rings. The Hall–Kier alpha value is -3.13. The van der Waals surface area contributed by atoms with Crippen molar-refractivity contribution in [3.63, 3.8) is 0 Å². The summed E-state index contributed by atoms with van der Waals surface area (Å²) in [6.07, 6.45) is 1.35. The van der Waals surface area contributed by atoms with Gasteiger partial charge in [0.15, 0.2) is 7.11 Å². The van der Waals surface area contributed by atoms with Gasteiger partial charge in [0.25, 0.3) is 4.92 Å². The highest BCUT2D eigenvalue weighted by Gasteiger charge is 2.37. The van der Waals surface area contributed by atoms with Crippen LogP contribution in [-0.2, 0) is 20.7 Å². The number of hydrogen-bond acceptors (Lipinski definition) is 7. The van der Waals surface area contributed by atoms with Crippen molar-refractivity contribution in [2.75, 3.05) is 44.9 Å². The summed E-state index contributed by atoms with van der Waals surface area (Å²) in [6, 6.07) is 12.6. The molecule has 1 unspecified atom stereocenters. The lowest BCUT2D eigenvalue weighted by Gasteiger charge is -2.36. The van der Waals surface area contributed by atoms with E-state index in [9.17, 15) is 9.70 Å². The molecular formula is C23H27N2O6+. The number of anilines is 1. The molecular weight excluding hydrogens is 400 g/mol. The maximum atomic E-state index is 12.3. The summed E-state index contributed by atoms with van der Waals surface area (Å²) in [5.74, 6) is 0.321. The van der Waals surface area contributed by atoms with Gasteiger partial charge in [-0.25, -0.2) is 9.63 Å². The monoisotopic (exact) mass is 427 g/mol. The number of aryl methyl sites for hydroxylation is 1. The summed E-state index contributed by atoms with van der Waals surface area (Å²) < 4.78 is 17.3. The van der Waals surface area contributed by atoms with Crippen LogP contribution in [0.5, 0.6) is 5.75 Å². The zero-order valence-corrected chi connectivity index (χ0v) is 17.8. The van der Waals surface area contributed by atoms with Crippen LogP contribution in [0.2, 0.25) is 0 Å². The number of ether oxygens (including phenoxy) is 3. The van der Waals surface area contributed by atoms with Crippen LogP contribution >= 0.6 is 0 Å². The van der Waals surface area contributed by atoms with Gasteiger partial charge < -0.3 is 19.1 Å². The Morgan fingerprint density at radius 1 is 1.19 bits per heavy atom. The molecule has 8 heteroatoms. The molecule has 1 saturated heterocycles. The fourth-order valence-corrected chi connectivity index (χ4v) is 3.89. The molecule has 31 heavy (non-hydrogen) atoms. The van der Waals surface area contributed by atoms with Crippen molar-refractivity contribution in [2.24, 2.45) is 0 Å². The van der Waals surface area contributed by atoms with Gasteiger partial charge in [0, 0.05) is 30.8 Å². The first kappa shape index (κ1) is 21.1. The summed E-state index contributed by atoms with van der Waals surface area (Å²) in [6.45, 7) is 4.61. The van der Waals surface area contributed by atoms with E-state index in [2.05, 4.69) is 4.90 Å². The molecule has 0 spiro atoms. The van der Waals surface area contributed by atoms with E-state index >= 15 is 0 Å². The van der Waals surface area contributed by atoms with Crippen LogP contribution in [0.15, 0.2) is 42.5 Å². The van der Waals surface area contributed by atoms with Crippen LogP contribution in [0.25, 0.3) is 0 Å². The van der Waals surface area contributed by atoms with Gasteiger partial charge in [-0.05, 0) is 31.9 Å². The topological polar surface area (TPSA) is 77.3 Å². The number of carbonyl (C=O) groups excluding carboxylic acids is 1. The summed E-state index contributed by atoms with van der Waals surface area (Å²) in [5, 5.41) is 0. The predicted molar refractivity (Wildman–Crippen MR) is 114 cm³/mol. The standard InChI is InChI=1S/C23H27N2O6/c1-23(16-30-22(26)17-6-4-3-5-7-17)9-8-18-14-20(25(27)28-2)19(15-21(18)31-23)24-10-12-29-13-11-24/h3-7,14-15H,8-13,16H2,1-2H3/q+1. The highest BCUT2D eigenvalue weighted by Crippen LogP contribution is 2.41. The number of hydrogen-bond donors (Lipinski definition) is 0. The Kier molecular flexibility index (Phi) is 6.08. The lowest BCUT2D eigenvalue weighted by molar-refractivity contribution is -0.736. The van der Waals surface area contributed by atoms with Gasteiger partial charge >= 0.3 is 11.7 Å². The molecule has 2 aliphatic heterocycles. The second kappa shape index (κ2) is 8.93. The quantitative estimate of drug-likeness (QED) is 0.516. The van der Waals surface area contributed by atoms with E-state index < -0.39 is 5.60 Å². The lowest BCUT2D eigenvalue weighted by Crippen LogP contribution is -2.42. The van der Waals surface area contributed by atoms with Crippen molar-refractivity contribution in [1.29, 1.82) is 0 Å². The zero-order valence-electron chi connectivity index (χ0n) is 17.8. The van der Waals surface area contributed by atoms with Crippen molar-refractivity contribution in [1.82, 2.24) is 0 Å². The number of benzene rings is 2. The van der Waals surface area contributed by atoms with Gasteiger partial charge in [0.1, 0.15) is 23.6 Å². The Morgan fingerprint density at radius 2 is 1.94 bits per heavy atom. The summed E-state index contributed by atoms with van der Waals surface area (Å²) in [4.78, 5) is 32.2. The van der Waals surface area contributed by atoms with Gasteiger partial charge in [-0.3, -0.25) is 0 Å². The molecule has 2 aromatic carbocycles. The summed E-state index contributed by atoms with van der Waals surface area (Å²) in [5.41, 5.74) is 1.98. The largest absolute Gasteiger partial charge is 0.484 e.